The largest absolute Gasteiger partial charge is 0.356 e. The minimum Gasteiger partial charge on any atom is -0.356 e. The van der Waals surface area contributed by atoms with Crippen molar-refractivity contribution in [2.75, 3.05) is 18.4 Å². The molecule has 98 valence electrons. The summed E-state index contributed by atoms with van der Waals surface area (Å²) >= 11 is 0. The monoisotopic (exact) mass is 246 g/mol. The number of imidazole rings is 1. The number of para-hydroxylation sites is 2. The van der Waals surface area contributed by atoms with Gasteiger partial charge in [0.1, 0.15) is 0 Å². The van der Waals surface area contributed by atoms with Crippen LogP contribution in [0.5, 0.6) is 0 Å². The first-order chi connectivity index (χ1) is 8.86. The van der Waals surface area contributed by atoms with Crippen molar-refractivity contribution in [3.05, 3.63) is 24.3 Å². The summed E-state index contributed by atoms with van der Waals surface area (Å²) in [7, 11) is 0. The molecule has 0 saturated heterocycles. The average Bonchev–Trinajstić information content (AvgIpc) is 2.74. The number of hydrogen-bond donors (Lipinski definition) is 2. The maximum Gasteiger partial charge on any atom is 0.203 e. The molecule has 0 amide bonds. The summed E-state index contributed by atoms with van der Waals surface area (Å²) < 4.78 is 2.17. The molecule has 0 unspecified atom stereocenters. The van der Waals surface area contributed by atoms with Crippen LogP contribution in [0.15, 0.2) is 24.3 Å². The van der Waals surface area contributed by atoms with E-state index in [0.29, 0.717) is 6.54 Å². The fraction of sp³-hybridized carbons (Fsp3) is 0.500. The second-order valence-corrected chi connectivity index (χ2v) is 4.50. The van der Waals surface area contributed by atoms with E-state index in [1.165, 1.54) is 19.3 Å². The molecule has 3 N–H and O–H groups in total. The first-order valence-electron chi connectivity index (χ1n) is 6.76. The molecule has 1 aromatic carbocycles. The number of aromatic nitrogens is 2. The number of nitrogens with one attached hydrogen (secondary N) is 1. The van der Waals surface area contributed by atoms with Crippen LogP contribution in [0.3, 0.4) is 0 Å². The van der Waals surface area contributed by atoms with E-state index >= 15 is 0 Å². The van der Waals surface area contributed by atoms with Crippen LogP contribution in [0.25, 0.3) is 11.0 Å². The van der Waals surface area contributed by atoms with E-state index < -0.39 is 0 Å². The van der Waals surface area contributed by atoms with E-state index in [2.05, 4.69) is 27.9 Å². The van der Waals surface area contributed by atoms with Gasteiger partial charge in [0, 0.05) is 19.6 Å². The standard InChI is InChI=1S/C14H22N4/c1-2-3-6-10-16-14-17-12-7-4-5-8-13(12)18(14)11-9-15/h4-5,7-8H,2-3,6,9-11,15H2,1H3,(H,16,17). The summed E-state index contributed by atoms with van der Waals surface area (Å²) in [6, 6.07) is 8.19. The predicted molar refractivity (Wildman–Crippen MR) is 76.8 cm³/mol. The molecule has 18 heavy (non-hydrogen) atoms. The molecule has 0 aliphatic rings. The third kappa shape index (κ3) is 2.82. The van der Waals surface area contributed by atoms with E-state index in [9.17, 15) is 0 Å². The van der Waals surface area contributed by atoms with Gasteiger partial charge in [-0.15, -0.1) is 0 Å². The molecule has 0 aliphatic carbocycles. The second kappa shape index (κ2) is 6.40. The molecule has 0 atom stereocenters. The van der Waals surface area contributed by atoms with Gasteiger partial charge < -0.3 is 15.6 Å². The Hall–Kier alpha value is -1.55. The van der Waals surface area contributed by atoms with Crippen molar-refractivity contribution in [3.63, 3.8) is 0 Å². The van der Waals surface area contributed by atoms with E-state index in [1.807, 2.05) is 18.2 Å². The molecule has 4 heteroatoms. The Labute approximate surface area is 108 Å². The molecule has 0 aliphatic heterocycles. The van der Waals surface area contributed by atoms with Gasteiger partial charge >= 0.3 is 0 Å². The Morgan fingerprint density at radius 3 is 2.89 bits per heavy atom. The molecule has 4 nitrogen and oxygen atoms in total. The molecular weight excluding hydrogens is 224 g/mol. The predicted octanol–water partition coefficient (Wildman–Crippen LogP) is 2.60. The van der Waals surface area contributed by atoms with E-state index in [4.69, 9.17) is 5.73 Å². The number of hydrogen-bond acceptors (Lipinski definition) is 3. The Kier molecular flexibility index (Phi) is 4.59. The number of anilines is 1. The molecule has 2 rings (SSSR count). The maximum absolute atomic E-state index is 5.68. The Balaban J connectivity index is 2.17. The van der Waals surface area contributed by atoms with Crippen LogP contribution in [0, 0.1) is 0 Å². The Bertz CT molecular complexity index is 489. The summed E-state index contributed by atoms with van der Waals surface area (Å²) in [5.74, 6) is 0.942. The number of nitrogens with two attached hydrogens (primary N) is 1. The third-order valence-corrected chi connectivity index (χ3v) is 3.07. The average molecular weight is 246 g/mol. The van der Waals surface area contributed by atoms with Crippen molar-refractivity contribution < 1.29 is 0 Å². The van der Waals surface area contributed by atoms with Gasteiger partial charge in [-0.3, -0.25) is 0 Å². The molecule has 0 bridgehead atoms. The zero-order valence-corrected chi connectivity index (χ0v) is 11.0. The van der Waals surface area contributed by atoms with Crippen molar-refractivity contribution in [1.29, 1.82) is 0 Å². The smallest absolute Gasteiger partial charge is 0.203 e. The first-order valence-corrected chi connectivity index (χ1v) is 6.76. The van der Waals surface area contributed by atoms with Crippen LogP contribution in [0.4, 0.5) is 5.95 Å². The lowest BCUT2D eigenvalue weighted by Gasteiger charge is -2.09. The molecular formula is C14H22N4. The van der Waals surface area contributed by atoms with Crippen molar-refractivity contribution in [2.45, 2.75) is 32.7 Å². The normalized spacial score (nSPS) is 11.0. The maximum atomic E-state index is 5.68. The summed E-state index contributed by atoms with van der Waals surface area (Å²) in [5, 5.41) is 3.42. The number of benzene rings is 1. The highest BCUT2D eigenvalue weighted by Crippen LogP contribution is 2.19. The lowest BCUT2D eigenvalue weighted by molar-refractivity contribution is 0.710. The quantitative estimate of drug-likeness (QED) is 0.738. The number of nitrogens with zero attached hydrogens (tertiary/aromatic N) is 2. The van der Waals surface area contributed by atoms with Gasteiger partial charge in [-0.25, -0.2) is 4.98 Å². The lowest BCUT2D eigenvalue weighted by Crippen LogP contribution is -2.14. The van der Waals surface area contributed by atoms with E-state index in [0.717, 1.165) is 30.1 Å². The third-order valence-electron chi connectivity index (χ3n) is 3.07. The van der Waals surface area contributed by atoms with Crippen molar-refractivity contribution in [2.24, 2.45) is 5.73 Å². The molecule has 0 spiro atoms. The highest BCUT2D eigenvalue weighted by Gasteiger charge is 2.08. The molecule has 1 heterocycles. The summed E-state index contributed by atoms with van der Waals surface area (Å²) in [6.07, 6.45) is 3.67. The van der Waals surface area contributed by atoms with Crippen LogP contribution in [-0.2, 0) is 6.54 Å². The van der Waals surface area contributed by atoms with Crippen molar-refractivity contribution >= 4 is 17.0 Å². The zero-order valence-electron chi connectivity index (χ0n) is 11.0. The van der Waals surface area contributed by atoms with E-state index in [-0.39, 0.29) is 0 Å². The molecule has 0 saturated carbocycles. The highest BCUT2D eigenvalue weighted by molar-refractivity contribution is 5.78. The number of unbranched alkanes of at least 4 members (excludes halogenated alkanes) is 2. The molecule has 0 radical (unpaired) electrons. The van der Waals surface area contributed by atoms with Gasteiger partial charge in [-0.2, -0.15) is 0 Å². The summed E-state index contributed by atoms with van der Waals surface area (Å²) in [4.78, 5) is 4.63. The fourth-order valence-electron chi connectivity index (χ4n) is 2.14. The van der Waals surface area contributed by atoms with Crippen LogP contribution >= 0.6 is 0 Å². The summed E-state index contributed by atoms with van der Waals surface area (Å²) in [5.41, 5.74) is 7.86. The van der Waals surface area contributed by atoms with Gasteiger partial charge in [0.2, 0.25) is 5.95 Å². The van der Waals surface area contributed by atoms with Crippen LogP contribution in [0.2, 0.25) is 0 Å². The lowest BCUT2D eigenvalue weighted by atomic mass is 10.2. The van der Waals surface area contributed by atoms with Gasteiger partial charge in [0.15, 0.2) is 0 Å². The van der Waals surface area contributed by atoms with Crippen LogP contribution < -0.4 is 11.1 Å². The number of rotatable bonds is 7. The second-order valence-electron chi connectivity index (χ2n) is 4.50. The minimum absolute atomic E-state index is 0.629. The van der Waals surface area contributed by atoms with Gasteiger partial charge in [-0.1, -0.05) is 31.9 Å². The summed E-state index contributed by atoms with van der Waals surface area (Å²) in [6.45, 7) is 4.62. The van der Waals surface area contributed by atoms with Gasteiger partial charge in [-0.05, 0) is 18.6 Å². The number of fused-ring (bicyclic) bond motifs is 1. The van der Waals surface area contributed by atoms with Crippen molar-refractivity contribution in [3.8, 4) is 0 Å². The first kappa shape index (κ1) is 12.9. The Morgan fingerprint density at radius 1 is 1.28 bits per heavy atom. The van der Waals surface area contributed by atoms with Gasteiger partial charge in [0.25, 0.3) is 0 Å². The molecule has 2 aromatic rings. The topological polar surface area (TPSA) is 55.9 Å². The molecule has 0 fully saturated rings. The minimum atomic E-state index is 0.629. The van der Waals surface area contributed by atoms with Crippen LogP contribution in [0.1, 0.15) is 26.2 Å². The fourth-order valence-corrected chi connectivity index (χ4v) is 2.14. The molecule has 1 aromatic heterocycles. The van der Waals surface area contributed by atoms with Crippen LogP contribution in [-0.4, -0.2) is 22.6 Å². The van der Waals surface area contributed by atoms with Crippen molar-refractivity contribution in [1.82, 2.24) is 9.55 Å². The highest BCUT2D eigenvalue weighted by atomic mass is 15.2. The Morgan fingerprint density at radius 2 is 2.11 bits per heavy atom. The SMILES string of the molecule is CCCCCNc1nc2ccccc2n1CCN. The zero-order chi connectivity index (χ0) is 12.8. The van der Waals surface area contributed by atoms with Gasteiger partial charge in [0.05, 0.1) is 11.0 Å². The van der Waals surface area contributed by atoms with E-state index in [1.54, 1.807) is 0 Å².